The number of fused-ring (bicyclic) bond motifs is 1. The van der Waals surface area contributed by atoms with Crippen molar-refractivity contribution < 1.29 is 14.0 Å². The number of anilines is 4. The third-order valence-corrected chi connectivity index (χ3v) is 6.64. The molecule has 0 saturated carbocycles. The smallest absolute Gasteiger partial charge is 0.258 e. The quantitative estimate of drug-likeness (QED) is 0.338. The average molecular weight is 502 g/mol. The molecule has 0 fully saturated rings. The molecule has 1 aromatic heterocycles. The molecule has 0 bridgehead atoms. The number of hydrogen-bond donors (Lipinski definition) is 3. The van der Waals surface area contributed by atoms with Crippen molar-refractivity contribution in [1.29, 1.82) is 0 Å². The minimum atomic E-state index is -0.431. The SMILES string of the molecule is Nc1nc(-c2ccc(NC(=O)CN(C(=O)c3ccc(F)cc3)c3ccc4c(c3)CCCN4)cc2)cs1. The standard InChI is InChI=1S/C27H24FN5O2S/c28-20-7-3-18(4-8-20)26(35)33(22-11-12-23-19(14-22)2-1-13-30-23)15-25(34)31-21-9-5-17(6-10-21)24-16-36-27(29)32-24/h3-12,14,16,30H,1-2,13,15H2,(H2,29,32)(H,31,34). The van der Waals surface area contributed by atoms with Crippen molar-refractivity contribution in [2.45, 2.75) is 12.8 Å². The fourth-order valence-electron chi connectivity index (χ4n) is 4.15. The van der Waals surface area contributed by atoms with Crippen molar-refractivity contribution in [3.63, 3.8) is 0 Å². The van der Waals surface area contributed by atoms with Gasteiger partial charge in [-0.25, -0.2) is 9.37 Å². The summed E-state index contributed by atoms with van der Waals surface area (Å²) in [6.45, 7) is 0.703. The third-order valence-electron chi connectivity index (χ3n) is 5.96. The van der Waals surface area contributed by atoms with Gasteiger partial charge in [0.1, 0.15) is 12.4 Å². The molecule has 4 N–H and O–H groups in total. The molecule has 5 rings (SSSR count). The molecule has 0 saturated heterocycles. The van der Waals surface area contributed by atoms with Crippen LogP contribution in [0.15, 0.2) is 72.1 Å². The van der Waals surface area contributed by atoms with Gasteiger partial charge in [-0.15, -0.1) is 11.3 Å². The Morgan fingerprint density at radius 3 is 2.58 bits per heavy atom. The van der Waals surface area contributed by atoms with Crippen LogP contribution in [0, 0.1) is 5.82 Å². The summed E-state index contributed by atoms with van der Waals surface area (Å²) in [4.78, 5) is 32.1. The lowest BCUT2D eigenvalue weighted by Gasteiger charge is -2.25. The molecule has 182 valence electrons. The van der Waals surface area contributed by atoms with E-state index in [4.69, 9.17) is 5.73 Å². The third kappa shape index (κ3) is 5.21. The maximum atomic E-state index is 13.4. The Morgan fingerprint density at radius 1 is 1.08 bits per heavy atom. The molecule has 0 spiro atoms. The van der Waals surface area contributed by atoms with Crippen LogP contribution in [0.3, 0.4) is 0 Å². The van der Waals surface area contributed by atoms with Crippen molar-refractivity contribution in [2.75, 3.05) is 34.4 Å². The Balaban J connectivity index is 1.37. The number of rotatable bonds is 6. The summed E-state index contributed by atoms with van der Waals surface area (Å²) in [6.07, 6.45) is 1.88. The predicted molar refractivity (Wildman–Crippen MR) is 142 cm³/mol. The first-order chi connectivity index (χ1) is 17.5. The molecule has 0 radical (unpaired) electrons. The van der Waals surface area contributed by atoms with Gasteiger partial charge in [0.05, 0.1) is 5.69 Å². The first-order valence-electron chi connectivity index (χ1n) is 11.5. The zero-order chi connectivity index (χ0) is 25.1. The molecular weight excluding hydrogens is 477 g/mol. The predicted octanol–water partition coefficient (Wildman–Crippen LogP) is 5.18. The lowest BCUT2D eigenvalue weighted by Crippen LogP contribution is -2.38. The Morgan fingerprint density at radius 2 is 1.86 bits per heavy atom. The molecule has 2 amide bonds. The van der Waals surface area contributed by atoms with E-state index in [9.17, 15) is 14.0 Å². The Labute approximate surface area is 211 Å². The Hall–Kier alpha value is -4.24. The number of nitrogens with two attached hydrogens (primary N) is 1. The molecule has 36 heavy (non-hydrogen) atoms. The highest BCUT2D eigenvalue weighted by Crippen LogP contribution is 2.28. The van der Waals surface area contributed by atoms with E-state index in [1.165, 1.54) is 40.5 Å². The first-order valence-corrected chi connectivity index (χ1v) is 12.4. The number of thiazole rings is 1. The zero-order valence-electron chi connectivity index (χ0n) is 19.3. The van der Waals surface area contributed by atoms with Crippen LogP contribution >= 0.6 is 11.3 Å². The van der Waals surface area contributed by atoms with Crippen molar-refractivity contribution in [3.05, 3.63) is 89.1 Å². The summed E-state index contributed by atoms with van der Waals surface area (Å²) in [5.41, 5.74) is 11.0. The van der Waals surface area contributed by atoms with Crippen molar-refractivity contribution >= 4 is 45.3 Å². The van der Waals surface area contributed by atoms with Gasteiger partial charge < -0.3 is 16.4 Å². The number of hydrogen-bond acceptors (Lipinski definition) is 6. The fraction of sp³-hybridized carbons (Fsp3) is 0.148. The van der Waals surface area contributed by atoms with Gasteiger partial charge in [0.25, 0.3) is 5.91 Å². The molecule has 1 aliphatic rings. The summed E-state index contributed by atoms with van der Waals surface area (Å²) < 4.78 is 13.4. The first kappa shape index (κ1) is 23.5. The number of amides is 2. The topological polar surface area (TPSA) is 100 Å². The van der Waals surface area contributed by atoms with Gasteiger partial charge >= 0.3 is 0 Å². The summed E-state index contributed by atoms with van der Waals surface area (Å²) in [5.74, 6) is -1.17. The van der Waals surface area contributed by atoms with Crippen LogP contribution < -0.4 is 21.3 Å². The number of aromatic nitrogens is 1. The van der Waals surface area contributed by atoms with Gasteiger partial charge in [-0.3, -0.25) is 14.5 Å². The molecule has 7 nitrogen and oxygen atoms in total. The lowest BCUT2D eigenvalue weighted by molar-refractivity contribution is -0.114. The molecule has 0 unspecified atom stereocenters. The van der Waals surface area contributed by atoms with E-state index < -0.39 is 5.82 Å². The number of nitrogens with zero attached hydrogens (tertiary/aromatic N) is 2. The largest absolute Gasteiger partial charge is 0.385 e. The van der Waals surface area contributed by atoms with Crippen molar-refractivity contribution in [1.82, 2.24) is 4.98 Å². The lowest BCUT2D eigenvalue weighted by atomic mass is 10.0. The number of benzene rings is 3. The monoisotopic (exact) mass is 501 g/mol. The van der Waals surface area contributed by atoms with Gasteiger partial charge in [0.15, 0.2) is 5.13 Å². The van der Waals surface area contributed by atoms with Crippen molar-refractivity contribution in [2.24, 2.45) is 0 Å². The van der Waals surface area contributed by atoms with Gasteiger partial charge in [0, 0.05) is 40.1 Å². The van der Waals surface area contributed by atoms with Crippen LogP contribution in [-0.2, 0) is 11.2 Å². The van der Waals surface area contributed by atoms with Gasteiger partial charge in [0.2, 0.25) is 5.91 Å². The Bertz CT molecular complexity index is 1400. The van der Waals surface area contributed by atoms with E-state index in [-0.39, 0.29) is 18.4 Å². The highest BCUT2D eigenvalue weighted by atomic mass is 32.1. The van der Waals surface area contributed by atoms with Crippen LogP contribution in [0.4, 0.5) is 26.6 Å². The molecule has 4 aromatic rings. The normalized spacial score (nSPS) is 12.4. The van der Waals surface area contributed by atoms with Crippen molar-refractivity contribution in [3.8, 4) is 11.3 Å². The molecule has 2 heterocycles. The van der Waals surface area contributed by atoms with E-state index in [1.54, 1.807) is 12.1 Å². The van der Waals surface area contributed by atoms with Crippen LogP contribution in [0.5, 0.6) is 0 Å². The van der Waals surface area contributed by atoms with Crippen LogP contribution in [-0.4, -0.2) is 29.9 Å². The summed E-state index contributed by atoms with van der Waals surface area (Å²) in [5, 5.41) is 8.57. The van der Waals surface area contributed by atoms with Gasteiger partial charge in [-0.1, -0.05) is 12.1 Å². The number of nitrogens with one attached hydrogen (secondary N) is 2. The minimum absolute atomic E-state index is 0.202. The molecule has 0 atom stereocenters. The van der Waals surface area contributed by atoms with E-state index in [2.05, 4.69) is 15.6 Å². The second kappa shape index (κ2) is 10.2. The van der Waals surface area contributed by atoms with E-state index in [0.29, 0.717) is 22.1 Å². The maximum absolute atomic E-state index is 13.4. The molecule has 0 aliphatic carbocycles. The van der Waals surface area contributed by atoms with Crippen LogP contribution in [0.25, 0.3) is 11.3 Å². The summed E-state index contributed by atoms with van der Waals surface area (Å²) in [6, 6.07) is 18.3. The number of halogens is 1. The average Bonchev–Trinajstić information content (AvgIpc) is 3.33. The van der Waals surface area contributed by atoms with Crippen LogP contribution in [0.1, 0.15) is 22.3 Å². The van der Waals surface area contributed by atoms with E-state index >= 15 is 0 Å². The number of carbonyl (C=O) groups is 2. The molecule has 3 aromatic carbocycles. The Kier molecular flexibility index (Phi) is 6.64. The number of carbonyl (C=O) groups excluding carboxylic acids is 2. The molecule has 1 aliphatic heterocycles. The summed E-state index contributed by atoms with van der Waals surface area (Å²) in [7, 11) is 0. The highest BCUT2D eigenvalue weighted by molar-refractivity contribution is 7.13. The van der Waals surface area contributed by atoms with Gasteiger partial charge in [-0.05, 0) is 73.0 Å². The van der Waals surface area contributed by atoms with E-state index in [1.807, 2.05) is 35.7 Å². The second-order valence-electron chi connectivity index (χ2n) is 8.47. The summed E-state index contributed by atoms with van der Waals surface area (Å²) >= 11 is 1.36. The maximum Gasteiger partial charge on any atom is 0.258 e. The number of aryl methyl sites for hydroxylation is 1. The minimum Gasteiger partial charge on any atom is -0.385 e. The highest BCUT2D eigenvalue weighted by Gasteiger charge is 2.22. The number of nitrogen functional groups attached to an aromatic ring is 1. The molecule has 9 heteroatoms. The van der Waals surface area contributed by atoms with Crippen LogP contribution in [0.2, 0.25) is 0 Å². The fourth-order valence-corrected chi connectivity index (χ4v) is 4.72. The van der Waals surface area contributed by atoms with E-state index in [0.717, 1.165) is 41.9 Å². The van der Waals surface area contributed by atoms with Gasteiger partial charge in [-0.2, -0.15) is 0 Å². The zero-order valence-corrected chi connectivity index (χ0v) is 20.1. The second-order valence-corrected chi connectivity index (χ2v) is 9.36. The molecular formula is C27H24FN5O2S.